The smallest absolute Gasteiger partial charge is 0.0480 e. The Kier molecular flexibility index (Phi) is 2.41. The van der Waals surface area contributed by atoms with E-state index in [1.807, 2.05) is 0 Å². The highest BCUT2D eigenvalue weighted by Gasteiger charge is 2.21. The van der Waals surface area contributed by atoms with Gasteiger partial charge in [0.2, 0.25) is 0 Å². The minimum atomic E-state index is 0.718. The van der Waals surface area contributed by atoms with Crippen molar-refractivity contribution in [3.8, 4) is 0 Å². The van der Waals surface area contributed by atoms with Gasteiger partial charge in [-0.05, 0) is 12.8 Å². The number of ether oxygens (including phenoxy) is 1. The van der Waals surface area contributed by atoms with Crippen molar-refractivity contribution in [2.75, 3.05) is 26.3 Å². The molecule has 0 aromatic heterocycles. The monoisotopic (exact) mass is 156 g/mol. The molecule has 0 bridgehead atoms. The first kappa shape index (κ1) is 7.53. The molecule has 3 nitrogen and oxygen atoms in total. The quantitative estimate of drug-likeness (QED) is 0.577. The van der Waals surface area contributed by atoms with E-state index in [0.717, 1.165) is 38.4 Å². The van der Waals surface area contributed by atoms with Crippen LogP contribution in [0.3, 0.4) is 0 Å². The van der Waals surface area contributed by atoms with E-state index in [2.05, 4.69) is 10.6 Å². The summed E-state index contributed by atoms with van der Waals surface area (Å²) in [6.45, 7) is 4.18. The number of nitrogens with one attached hydrogen (secondary N) is 2. The lowest BCUT2D eigenvalue weighted by Crippen LogP contribution is -2.58. The summed E-state index contributed by atoms with van der Waals surface area (Å²) < 4.78 is 5.28. The molecule has 0 aromatic rings. The molecule has 0 aromatic carbocycles. The predicted molar refractivity (Wildman–Crippen MR) is 43.6 cm³/mol. The lowest BCUT2D eigenvalue weighted by molar-refractivity contribution is 0.0725. The summed E-state index contributed by atoms with van der Waals surface area (Å²) in [5.41, 5.74) is 0. The second kappa shape index (κ2) is 3.52. The molecule has 0 amide bonds. The lowest BCUT2D eigenvalue weighted by Gasteiger charge is -2.34. The molecule has 0 radical (unpaired) electrons. The van der Waals surface area contributed by atoms with Crippen LogP contribution in [-0.2, 0) is 4.74 Å². The van der Waals surface area contributed by atoms with Crippen molar-refractivity contribution >= 4 is 0 Å². The number of hydrogen-bond acceptors (Lipinski definition) is 3. The van der Waals surface area contributed by atoms with Crippen molar-refractivity contribution in [1.29, 1.82) is 0 Å². The molecule has 2 saturated heterocycles. The normalized spacial score (nSPS) is 28.4. The predicted octanol–water partition coefficient (Wildman–Crippen LogP) is -0.273. The third-order valence-corrected chi connectivity index (χ3v) is 2.47. The Hall–Kier alpha value is -0.120. The molecule has 0 unspecified atom stereocenters. The van der Waals surface area contributed by atoms with Gasteiger partial charge in [-0.1, -0.05) is 0 Å². The molecule has 64 valence electrons. The van der Waals surface area contributed by atoms with E-state index < -0.39 is 0 Å². The van der Waals surface area contributed by atoms with Gasteiger partial charge in [0.25, 0.3) is 0 Å². The number of hydrogen-bond donors (Lipinski definition) is 2. The van der Waals surface area contributed by atoms with Crippen LogP contribution in [0.1, 0.15) is 12.8 Å². The maximum absolute atomic E-state index is 5.28. The van der Waals surface area contributed by atoms with Crippen LogP contribution in [0.4, 0.5) is 0 Å². The van der Waals surface area contributed by atoms with Crippen LogP contribution in [0.25, 0.3) is 0 Å². The first-order valence-electron chi connectivity index (χ1n) is 4.49. The molecule has 2 aliphatic rings. The summed E-state index contributed by atoms with van der Waals surface area (Å²) >= 11 is 0. The zero-order valence-electron chi connectivity index (χ0n) is 6.81. The Labute approximate surface area is 67.5 Å². The average molecular weight is 156 g/mol. The van der Waals surface area contributed by atoms with Gasteiger partial charge in [-0.15, -0.1) is 0 Å². The van der Waals surface area contributed by atoms with Crippen molar-refractivity contribution in [3.63, 3.8) is 0 Å². The molecule has 2 N–H and O–H groups in total. The van der Waals surface area contributed by atoms with Crippen LogP contribution < -0.4 is 10.6 Å². The van der Waals surface area contributed by atoms with Gasteiger partial charge in [0.1, 0.15) is 0 Å². The lowest BCUT2D eigenvalue weighted by atomic mass is 10.1. The first-order chi connectivity index (χ1) is 5.45. The van der Waals surface area contributed by atoms with E-state index in [1.165, 1.54) is 12.8 Å². The molecular weight excluding hydrogens is 140 g/mol. The number of rotatable bonds is 2. The molecule has 2 fully saturated rings. The zero-order chi connectivity index (χ0) is 7.52. The molecule has 0 spiro atoms. The summed E-state index contributed by atoms with van der Waals surface area (Å²) in [5, 5.41) is 6.87. The molecule has 2 heterocycles. The Morgan fingerprint density at radius 2 is 1.82 bits per heavy atom. The van der Waals surface area contributed by atoms with E-state index in [0.29, 0.717) is 0 Å². The standard InChI is InChI=1S/C8H16N2O/c1-3-11-4-2-7(1)10-8-5-9-6-8/h7-10H,1-6H2. The van der Waals surface area contributed by atoms with Crippen LogP contribution in [0.15, 0.2) is 0 Å². The van der Waals surface area contributed by atoms with Gasteiger partial charge in [-0.3, -0.25) is 0 Å². The summed E-state index contributed by atoms with van der Waals surface area (Å²) in [6.07, 6.45) is 2.38. The highest BCUT2D eigenvalue weighted by atomic mass is 16.5. The molecule has 0 atom stereocenters. The molecule has 2 aliphatic heterocycles. The molecule has 2 rings (SSSR count). The second-order valence-electron chi connectivity index (χ2n) is 3.41. The highest BCUT2D eigenvalue weighted by molar-refractivity contribution is 4.85. The third-order valence-electron chi connectivity index (χ3n) is 2.47. The van der Waals surface area contributed by atoms with Crippen LogP contribution >= 0.6 is 0 Å². The molecular formula is C8H16N2O. The van der Waals surface area contributed by atoms with Crippen molar-refractivity contribution in [2.24, 2.45) is 0 Å². The van der Waals surface area contributed by atoms with E-state index >= 15 is 0 Å². The summed E-state index contributed by atoms with van der Waals surface area (Å²) in [4.78, 5) is 0. The van der Waals surface area contributed by atoms with Gasteiger partial charge >= 0.3 is 0 Å². The van der Waals surface area contributed by atoms with Gasteiger partial charge in [-0.2, -0.15) is 0 Å². The maximum Gasteiger partial charge on any atom is 0.0480 e. The second-order valence-corrected chi connectivity index (χ2v) is 3.41. The van der Waals surface area contributed by atoms with E-state index in [9.17, 15) is 0 Å². The molecule has 0 saturated carbocycles. The van der Waals surface area contributed by atoms with Crippen molar-refractivity contribution in [1.82, 2.24) is 10.6 Å². The first-order valence-corrected chi connectivity index (χ1v) is 4.49. The maximum atomic E-state index is 5.28. The summed E-state index contributed by atoms with van der Waals surface area (Å²) in [7, 11) is 0. The Balaban J connectivity index is 1.67. The van der Waals surface area contributed by atoms with Gasteiger partial charge in [0.05, 0.1) is 0 Å². The van der Waals surface area contributed by atoms with Gasteiger partial charge in [0.15, 0.2) is 0 Å². The van der Waals surface area contributed by atoms with E-state index in [1.54, 1.807) is 0 Å². The van der Waals surface area contributed by atoms with E-state index in [-0.39, 0.29) is 0 Å². The van der Waals surface area contributed by atoms with Crippen LogP contribution in [0, 0.1) is 0 Å². The van der Waals surface area contributed by atoms with Crippen molar-refractivity contribution in [2.45, 2.75) is 24.9 Å². The summed E-state index contributed by atoms with van der Waals surface area (Å²) in [5.74, 6) is 0. The van der Waals surface area contributed by atoms with Crippen molar-refractivity contribution < 1.29 is 4.74 Å². The molecule has 0 aliphatic carbocycles. The van der Waals surface area contributed by atoms with Gasteiger partial charge in [-0.25, -0.2) is 0 Å². The fourth-order valence-corrected chi connectivity index (χ4v) is 1.60. The zero-order valence-corrected chi connectivity index (χ0v) is 6.81. The summed E-state index contributed by atoms with van der Waals surface area (Å²) in [6, 6.07) is 1.45. The Bertz CT molecular complexity index is 119. The van der Waals surface area contributed by atoms with Gasteiger partial charge in [0, 0.05) is 38.4 Å². The van der Waals surface area contributed by atoms with Crippen molar-refractivity contribution in [3.05, 3.63) is 0 Å². The highest BCUT2D eigenvalue weighted by Crippen LogP contribution is 2.07. The minimum Gasteiger partial charge on any atom is -0.381 e. The van der Waals surface area contributed by atoms with E-state index in [4.69, 9.17) is 4.74 Å². The fourth-order valence-electron chi connectivity index (χ4n) is 1.60. The minimum absolute atomic E-state index is 0.718. The largest absolute Gasteiger partial charge is 0.381 e. The van der Waals surface area contributed by atoms with Gasteiger partial charge < -0.3 is 15.4 Å². The Morgan fingerprint density at radius 1 is 1.09 bits per heavy atom. The molecule has 3 heteroatoms. The van der Waals surface area contributed by atoms with Crippen LogP contribution in [-0.4, -0.2) is 38.4 Å². The topological polar surface area (TPSA) is 33.3 Å². The van der Waals surface area contributed by atoms with Crippen LogP contribution in [0.5, 0.6) is 0 Å². The SMILES string of the molecule is C1CC(NC2CNC2)CCO1. The molecule has 11 heavy (non-hydrogen) atoms. The van der Waals surface area contributed by atoms with Crippen LogP contribution in [0.2, 0.25) is 0 Å². The third kappa shape index (κ3) is 1.92. The average Bonchev–Trinajstić information content (AvgIpc) is 1.99. The fraction of sp³-hybridized carbons (Fsp3) is 1.00. The Morgan fingerprint density at radius 3 is 2.36 bits per heavy atom.